The molecule has 0 spiro atoms. The first-order valence-corrected chi connectivity index (χ1v) is 23.4. The maximum absolute atomic E-state index is 12.2. The summed E-state index contributed by atoms with van der Waals surface area (Å²) >= 11 is 0. The Bertz CT molecular complexity index is 1040. The monoisotopic (exact) mass is 802 g/mol. The molecular formula is C43H80NO10P. The van der Waals surface area contributed by atoms with Crippen LogP contribution in [0.2, 0.25) is 0 Å². The zero-order valence-corrected chi connectivity index (χ0v) is 35.6. The predicted molar refractivity (Wildman–Crippen MR) is 222 cm³/mol. The van der Waals surface area contributed by atoms with Crippen LogP contribution in [0.15, 0.2) is 24.3 Å². The molecule has 3 atom stereocenters. The summed E-state index contributed by atoms with van der Waals surface area (Å²) in [6.07, 6.45) is 39.5. The first kappa shape index (κ1) is 53.0. The van der Waals surface area contributed by atoms with Gasteiger partial charge in [-0.1, -0.05) is 167 Å². The molecule has 11 nitrogen and oxygen atoms in total. The van der Waals surface area contributed by atoms with Crippen LogP contribution in [0, 0.1) is 0 Å². The molecule has 12 heteroatoms. The molecule has 1 amide bonds. The van der Waals surface area contributed by atoms with Crippen molar-refractivity contribution in [3.63, 3.8) is 0 Å². The molecule has 0 aliphatic rings. The van der Waals surface area contributed by atoms with Gasteiger partial charge in [-0.25, -0.2) is 9.36 Å². The Hall–Kier alpha value is -2.04. The molecule has 55 heavy (non-hydrogen) atoms. The minimum atomic E-state index is -4.74. The minimum Gasteiger partial charge on any atom is -0.480 e. The zero-order valence-electron chi connectivity index (χ0n) is 34.7. The van der Waals surface area contributed by atoms with Gasteiger partial charge in [-0.2, -0.15) is 0 Å². The molecule has 0 bridgehead atoms. The van der Waals surface area contributed by atoms with Crippen molar-refractivity contribution >= 4 is 25.7 Å². The molecule has 0 aromatic heterocycles. The van der Waals surface area contributed by atoms with Crippen LogP contribution in [0.3, 0.4) is 0 Å². The number of nitrogens with one attached hydrogen (secondary N) is 1. The lowest BCUT2D eigenvalue weighted by molar-refractivity contribution is -0.147. The maximum Gasteiger partial charge on any atom is 0.472 e. The van der Waals surface area contributed by atoms with E-state index in [4.69, 9.17) is 13.8 Å². The van der Waals surface area contributed by atoms with Gasteiger partial charge in [0, 0.05) is 12.8 Å². The summed E-state index contributed by atoms with van der Waals surface area (Å²) in [5.41, 5.74) is 0. The molecule has 0 aromatic carbocycles. The van der Waals surface area contributed by atoms with Crippen LogP contribution < -0.4 is 5.32 Å². The van der Waals surface area contributed by atoms with Gasteiger partial charge in [-0.05, 0) is 44.9 Å². The molecule has 0 saturated carbocycles. The van der Waals surface area contributed by atoms with Gasteiger partial charge in [0.15, 0.2) is 6.04 Å². The lowest BCUT2D eigenvalue weighted by Crippen LogP contribution is -2.43. The SMILES string of the molecule is CCCCC/C=C\C/C=C\CCCCCCCCCCCCCCCC(=O)OCC(O)COP(=O)(O)OCC(NC(=O)CCCCCCCCCC)C(=O)O. The number of phosphoric acid groups is 1. The highest BCUT2D eigenvalue weighted by Gasteiger charge is 2.28. The van der Waals surface area contributed by atoms with Crippen LogP contribution in [0.4, 0.5) is 0 Å². The van der Waals surface area contributed by atoms with E-state index < -0.39 is 57.6 Å². The van der Waals surface area contributed by atoms with E-state index >= 15 is 0 Å². The largest absolute Gasteiger partial charge is 0.480 e. The molecule has 0 aliphatic carbocycles. The number of aliphatic hydroxyl groups excluding tert-OH is 1. The number of aliphatic carboxylic acids is 1. The summed E-state index contributed by atoms with van der Waals surface area (Å²) < 4.78 is 26.7. The highest BCUT2D eigenvalue weighted by molar-refractivity contribution is 7.47. The van der Waals surface area contributed by atoms with Crippen LogP contribution >= 0.6 is 7.82 Å². The van der Waals surface area contributed by atoms with Crippen molar-refractivity contribution in [2.24, 2.45) is 0 Å². The third-order valence-electron chi connectivity index (χ3n) is 9.49. The molecule has 0 aliphatic heterocycles. The number of allylic oxidation sites excluding steroid dienone is 4. The Balaban J connectivity index is 3.77. The van der Waals surface area contributed by atoms with Gasteiger partial charge in [0.25, 0.3) is 0 Å². The number of rotatable bonds is 41. The van der Waals surface area contributed by atoms with E-state index in [0.29, 0.717) is 12.8 Å². The number of aliphatic hydroxyl groups is 1. The Kier molecular flexibility index (Phi) is 37.4. The fourth-order valence-electron chi connectivity index (χ4n) is 6.05. The van der Waals surface area contributed by atoms with E-state index in [9.17, 15) is 34.1 Å². The first-order valence-electron chi connectivity index (χ1n) is 21.9. The highest BCUT2D eigenvalue weighted by atomic mass is 31.2. The van der Waals surface area contributed by atoms with Gasteiger partial charge >= 0.3 is 19.8 Å². The van der Waals surface area contributed by atoms with Crippen LogP contribution in [0.5, 0.6) is 0 Å². The van der Waals surface area contributed by atoms with Crippen molar-refractivity contribution in [1.82, 2.24) is 5.32 Å². The number of phosphoric ester groups is 1. The molecule has 0 heterocycles. The normalized spacial score (nSPS) is 14.0. The Morgan fingerprint density at radius 1 is 0.582 bits per heavy atom. The number of carbonyl (C=O) groups excluding carboxylic acids is 2. The second-order valence-corrected chi connectivity index (χ2v) is 16.3. The number of carboxylic acids is 1. The lowest BCUT2D eigenvalue weighted by atomic mass is 10.0. The van der Waals surface area contributed by atoms with Crippen LogP contribution in [0.1, 0.15) is 200 Å². The quantitative estimate of drug-likeness (QED) is 0.0202. The van der Waals surface area contributed by atoms with Crippen molar-refractivity contribution in [1.29, 1.82) is 0 Å². The van der Waals surface area contributed by atoms with Gasteiger partial charge in [-0.3, -0.25) is 18.6 Å². The Morgan fingerprint density at radius 3 is 1.51 bits per heavy atom. The van der Waals surface area contributed by atoms with E-state index in [2.05, 4.69) is 43.5 Å². The van der Waals surface area contributed by atoms with Crippen LogP contribution in [-0.4, -0.2) is 64.9 Å². The second kappa shape index (κ2) is 38.8. The number of carboxylic acid groups (broad SMARTS) is 1. The molecule has 322 valence electrons. The van der Waals surface area contributed by atoms with Gasteiger partial charge < -0.3 is 25.2 Å². The zero-order chi connectivity index (χ0) is 40.7. The van der Waals surface area contributed by atoms with Crippen molar-refractivity contribution in [3.05, 3.63) is 24.3 Å². The van der Waals surface area contributed by atoms with Crippen molar-refractivity contribution < 1.29 is 47.8 Å². The predicted octanol–water partition coefficient (Wildman–Crippen LogP) is 11.1. The summed E-state index contributed by atoms with van der Waals surface area (Å²) in [5.74, 6) is -2.37. The summed E-state index contributed by atoms with van der Waals surface area (Å²) in [4.78, 5) is 45.7. The number of ether oxygens (including phenoxy) is 1. The van der Waals surface area contributed by atoms with Crippen LogP contribution in [0.25, 0.3) is 0 Å². The number of esters is 1. The summed E-state index contributed by atoms with van der Waals surface area (Å²) in [5, 5.41) is 21.7. The Labute approximate surface area is 334 Å². The van der Waals surface area contributed by atoms with Crippen molar-refractivity contribution in [3.8, 4) is 0 Å². The third-order valence-corrected chi connectivity index (χ3v) is 10.4. The molecule has 0 radical (unpaired) electrons. The topological polar surface area (TPSA) is 169 Å². The average molecular weight is 802 g/mol. The van der Waals surface area contributed by atoms with E-state index in [0.717, 1.165) is 44.9 Å². The number of carbonyl (C=O) groups is 3. The number of amides is 1. The fraction of sp³-hybridized carbons (Fsp3) is 0.837. The number of unbranched alkanes of at least 4 members (excludes halogenated alkanes) is 23. The van der Waals surface area contributed by atoms with E-state index in [1.165, 1.54) is 116 Å². The van der Waals surface area contributed by atoms with Gasteiger partial charge in [-0.15, -0.1) is 0 Å². The lowest BCUT2D eigenvalue weighted by Gasteiger charge is -2.18. The van der Waals surface area contributed by atoms with Gasteiger partial charge in [0.1, 0.15) is 12.7 Å². The van der Waals surface area contributed by atoms with E-state index in [1.807, 2.05) is 0 Å². The molecule has 0 rings (SSSR count). The molecule has 0 saturated heterocycles. The number of hydrogen-bond donors (Lipinski definition) is 4. The average Bonchev–Trinajstić information content (AvgIpc) is 3.16. The van der Waals surface area contributed by atoms with E-state index in [-0.39, 0.29) is 12.8 Å². The standard InChI is InChI=1S/C43H80NO10P/c1-3-5-7-9-11-13-14-15-16-17-18-19-20-21-22-23-24-25-26-27-29-31-33-35-42(47)52-36-39(45)37-53-55(50,51)54-38-40(43(48)49)44-41(46)34-32-30-28-12-10-8-6-4-2/h11,13,15-16,39-40,45H,3-10,12,14,17-38H2,1-2H3,(H,44,46)(H,48,49)(H,50,51)/b13-11-,16-15-. The van der Waals surface area contributed by atoms with Gasteiger partial charge in [0.2, 0.25) is 5.91 Å². The van der Waals surface area contributed by atoms with Crippen LogP contribution in [-0.2, 0) is 32.7 Å². The van der Waals surface area contributed by atoms with E-state index in [1.54, 1.807) is 0 Å². The molecule has 3 unspecified atom stereocenters. The fourth-order valence-corrected chi connectivity index (χ4v) is 6.82. The molecular weight excluding hydrogens is 721 g/mol. The summed E-state index contributed by atoms with van der Waals surface area (Å²) in [6, 6.07) is -1.54. The van der Waals surface area contributed by atoms with Gasteiger partial charge in [0.05, 0.1) is 13.2 Å². The third kappa shape index (κ3) is 38.6. The Morgan fingerprint density at radius 2 is 1.00 bits per heavy atom. The first-order chi connectivity index (χ1) is 26.6. The molecule has 0 fully saturated rings. The maximum atomic E-state index is 12.2. The molecule has 0 aromatic rings. The molecule has 4 N–H and O–H groups in total. The minimum absolute atomic E-state index is 0.147. The summed E-state index contributed by atoms with van der Waals surface area (Å²) in [6.45, 7) is 2.52. The smallest absolute Gasteiger partial charge is 0.472 e. The second-order valence-electron chi connectivity index (χ2n) is 14.9. The summed E-state index contributed by atoms with van der Waals surface area (Å²) in [7, 11) is -4.74. The van der Waals surface area contributed by atoms with Crippen molar-refractivity contribution in [2.75, 3.05) is 19.8 Å². The van der Waals surface area contributed by atoms with Crippen molar-refractivity contribution in [2.45, 2.75) is 212 Å². The highest BCUT2D eigenvalue weighted by Crippen LogP contribution is 2.43. The number of hydrogen-bond acceptors (Lipinski definition) is 8.